The monoisotopic (exact) mass is 847 g/mol. The van der Waals surface area contributed by atoms with Crippen LogP contribution in [0, 0.1) is 11.3 Å². The van der Waals surface area contributed by atoms with Crippen LogP contribution in [-0.4, -0.2) is 104 Å². The Labute approximate surface area is 353 Å². The van der Waals surface area contributed by atoms with Gasteiger partial charge in [-0.15, -0.1) is 0 Å². The zero-order valence-corrected chi connectivity index (χ0v) is 37.2. The van der Waals surface area contributed by atoms with Crippen LogP contribution >= 0.6 is 0 Å². The predicted octanol–water partition coefficient (Wildman–Crippen LogP) is 7.16. The van der Waals surface area contributed by atoms with Crippen LogP contribution in [0.15, 0.2) is 49.1 Å². The second-order valence-corrected chi connectivity index (χ2v) is 23.3. The Morgan fingerprint density at radius 1 is 1.07 bits per heavy atom. The predicted molar refractivity (Wildman–Crippen MR) is 228 cm³/mol. The van der Waals surface area contributed by atoms with E-state index in [4.69, 9.17) is 18.6 Å². The van der Waals surface area contributed by atoms with E-state index in [2.05, 4.69) is 51.1 Å². The summed E-state index contributed by atoms with van der Waals surface area (Å²) in [7, 11) is -1.16. The summed E-state index contributed by atoms with van der Waals surface area (Å²) in [6.07, 6.45) is 3.38. The van der Waals surface area contributed by atoms with Crippen molar-refractivity contribution >= 4 is 49.6 Å². The molecule has 16 heteroatoms. The average Bonchev–Trinajstić information content (AvgIpc) is 3.59. The standard InChI is InChI=1S/C44H61N5O10Si/c1-10-20-57-41(54)47-19-11-12-32(47)38(52)46-31(21-27(2)3)37(51)45-29-15-13-28(14-16-29)25-58-42(55)49-33-23-35(50)36(56-7)22-30(33)39(53)48-26-44(17-18-44)24-34(48)40(49)59-60(8,9)43(4,5)6/h10,13-16,22-23,27,31-32,34,40,50H,1,11-12,17-21,24-26H2,2-9H3,(H,45,51)(H,46,52)/t31?,32-,34-,40?/m0/s1. The number of hydrogen-bond donors (Lipinski definition) is 3. The zero-order chi connectivity index (χ0) is 43.7. The van der Waals surface area contributed by atoms with Crippen LogP contribution in [-0.2, 0) is 30.1 Å². The minimum atomic E-state index is -2.57. The molecule has 0 aromatic heterocycles. The van der Waals surface area contributed by atoms with Gasteiger partial charge in [-0.1, -0.05) is 59.4 Å². The smallest absolute Gasteiger partial charge is 0.416 e. The molecule has 2 aromatic carbocycles. The number of hydrogen-bond acceptors (Lipinski definition) is 10. The Hall–Kier alpha value is -5.09. The van der Waals surface area contributed by atoms with Gasteiger partial charge in [0.15, 0.2) is 26.0 Å². The molecule has 15 nitrogen and oxygen atoms in total. The maximum atomic E-state index is 14.5. The van der Waals surface area contributed by atoms with Crippen LogP contribution in [0.5, 0.6) is 11.5 Å². The van der Waals surface area contributed by atoms with E-state index in [9.17, 15) is 29.1 Å². The normalized spacial score (nSPS) is 21.2. The quantitative estimate of drug-likeness (QED) is 0.139. The molecule has 2 saturated heterocycles. The molecule has 5 amide bonds. The molecule has 2 unspecified atom stereocenters. The Kier molecular flexibility index (Phi) is 13.0. The lowest BCUT2D eigenvalue weighted by atomic mass is 10.0. The van der Waals surface area contributed by atoms with Crippen molar-refractivity contribution < 1.29 is 47.7 Å². The minimum absolute atomic E-state index is 0.0147. The molecule has 2 aromatic rings. The van der Waals surface area contributed by atoms with Crippen LogP contribution in [0.1, 0.15) is 89.1 Å². The number of phenolic OH excluding ortho intramolecular Hbond substituents is 1. The van der Waals surface area contributed by atoms with Gasteiger partial charge in [-0.2, -0.15) is 0 Å². The van der Waals surface area contributed by atoms with Crippen LogP contribution in [0.25, 0.3) is 0 Å². The van der Waals surface area contributed by atoms with Gasteiger partial charge < -0.3 is 39.3 Å². The topological polar surface area (TPSA) is 176 Å². The van der Waals surface area contributed by atoms with E-state index in [1.165, 1.54) is 35.1 Å². The molecule has 60 heavy (non-hydrogen) atoms. The first kappa shape index (κ1) is 44.5. The molecule has 6 rings (SSSR count). The van der Waals surface area contributed by atoms with E-state index >= 15 is 0 Å². The number of methoxy groups -OCH3 is 1. The fourth-order valence-electron chi connectivity index (χ4n) is 8.05. The summed E-state index contributed by atoms with van der Waals surface area (Å²) < 4.78 is 23.7. The van der Waals surface area contributed by atoms with Gasteiger partial charge in [0.2, 0.25) is 11.8 Å². The number of phenols is 1. The summed E-state index contributed by atoms with van der Waals surface area (Å²) in [6, 6.07) is 7.62. The van der Waals surface area contributed by atoms with Gasteiger partial charge in [-0.3, -0.25) is 19.3 Å². The van der Waals surface area contributed by atoms with Crippen LogP contribution in [0.3, 0.4) is 0 Å². The summed E-state index contributed by atoms with van der Waals surface area (Å²) in [6.45, 7) is 18.9. The van der Waals surface area contributed by atoms with Crippen LogP contribution in [0.2, 0.25) is 18.1 Å². The number of nitrogens with one attached hydrogen (secondary N) is 2. The number of carbonyl (C=O) groups is 5. The van der Waals surface area contributed by atoms with E-state index in [0.717, 1.165) is 12.8 Å². The summed E-state index contributed by atoms with van der Waals surface area (Å²) in [5, 5.41) is 16.5. The number of ether oxygens (including phenoxy) is 3. The molecule has 1 spiro atoms. The van der Waals surface area contributed by atoms with Gasteiger partial charge in [0.1, 0.15) is 25.3 Å². The van der Waals surface area contributed by atoms with E-state index in [1.807, 2.05) is 18.7 Å². The number of carbonyl (C=O) groups excluding carboxylic acids is 5. The van der Waals surface area contributed by atoms with Crippen LogP contribution < -0.4 is 20.3 Å². The van der Waals surface area contributed by atoms with Crippen molar-refractivity contribution in [3.8, 4) is 11.5 Å². The Balaban J connectivity index is 1.19. The van der Waals surface area contributed by atoms with Crippen LogP contribution in [0.4, 0.5) is 21.0 Å². The molecular formula is C44H61N5O10Si. The number of rotatable bonds is 13. The highest BCUT2D eigenvalue weighted by Gasteiger charge is 2.59. The molecule has 3 fully saturated rings. The molecule has 1 aliphatic carbocycles. The first-order valence-corrected chi connectivity index (χ1v) is 23.8. The average molecular weight is 848 g/mol. The third-order valence-electron chi connectivity index (χ3n) is 12.6. The molecule has 326 valence electrons. The molecule has 0 bridgehead atoms. The van der Waals surface area contributed by atoms with Gasteiger partial charge in [0.05, 0.1) is 24.4 Å². The molecule has 0 radical (unpaired) electrons. The number of benzene rings is 2. The van der Waals surface area contributed by atoms with Crippen molar-refractivity contribution in [1.29, 1.82) is 0 Å². The van der Waals surface area contributed by atoms with Crippen molar-refractivity contribution in [3.63, 3.8) is 0 Å². The second kappa shape index (κ2) is 17.5. The molecule has 4 aliphatic rings. The maximum absolute atomic E-state index is 14.5. The second-order valence-electron chi connectivity index (χ2n) is 18.5. The van der Waals surface area contributed by atoms with Gasteiger partial charge in [-0.05, 0) is 91.8 Å². The first-order valence-electron chi connectivity index (χ1n) is 20.9. The van der Waals surface area contributed by atoms with Crippen molar-refractivity contribution in [2.24, 2.45) is 11.3 Å². The zero-order valence-electron chi connectivity index (χ0n) is 36.2. The highest BCUT2D eigenvalue weighted by atomic mass is 28.4. The number of amides is 5. The fraction of sp³-hybridized carbons (Fsp3) is 0.568. The number of fused-ring (bicyclic) bond motifs is 2. The highest BCUT2D eigenvalue weighted by molar-refractivity contribution is 6.74. The van der Waals surface area contributed by atoms with Crippen molar-refractivity contribution in [2.45, 2.75) is 122 Å². The molecule has 3 N–H and O–H groups in total. The van der Waals surface area contributed by atoms with Crippen molar-refractivity contribution in [3.05, 3.63) is 60.2 Å². The van der Waals surface area contributed by atoms with Gasteiger partial charge in [-0.25, -0.2) is 14.5 Å². The van der Waals surface area contributed by atoms with E-state index < -0.39 is 56.7 Å². The number of likely N-dealkylation sites (tertiary alicyclic amines) is 1. The van der Waals surface area contributed by atoms with Crippen molar-refractivity contribution in [1.82, 2.24) is 15.1 Å². The summed E-state index contributed by atoms with van der Waals surface area (Å²) in [5.41, 5.74) is 1.48. The Bertz CT molecular complexity index is 1980. The summed E-state index contributed by atoms with van der Waals surface area (Å²) >= 11 is 0. The Morgan fingerprint density at radius 3 is 2.38 bits per heavy atom. The summed E-state index contributed by atoms with van der Waals surface area (Å²) in [5.74, 6) is -1.13. The largest absolute Gasteiger partial charge is 0.504 e. The van der Waals surface area contributed by atoms with E-state index in [0.29, 0.717) is 50.0 Å². The first-order chi connectivity index (χ1) is 28.3. The lowest BCUT2D eigenvalue weighted by molar-refractivity contribution is -0.129. The van der Waals surface area contributed by atoms with E-state index in [1.54, 1.807) is 24.3 Å². The molecule has 3 aliphatic heterocycles. The SMILES string of the molecule is C=CCOC(=O)N1CCC[C@H]1C(=O)NC(CC(C)C)C(=O)Nc1ccc(COC(=O)N2c3cc(O)c(OC)cc3C(=O)N3CC4(CC4)C[C@H]3C2O[Si](C)(C)C(C)(C)C)cc1. The summed E-state index contributed by atoms with van der Waals surface area (Å²) in [4.78, 5) is 73.0. The highest BCUT2D eigenvalue weighted by Crippen LogP contribution is 2.57. The van der Waals surface area contributed by atoms with Gasteiger partial charge >= 0.3 is 12.2 Å². The maximum Gasteiger partial charge on any atom is 0.416 e. The molecule has 1 saturated carbocycles. The van der Waals surface area contributed by atoms with Gasteiger partial charge in [0, 0.05) is 24.8 Å². The Morgan fingerprint density at radius 2 is 1.77 bits per heavy atom. The molecular weight excluding hydrogens is 787 g/mol. The molecule has 4 atom stereocenters. The number of nitrogens with zero attached hydrogens (tertiary/aromatic N) is 3. The third kappa shape index (κ3) is 9.44. The third-order valence-corrected chi connectivity index (χ3v) is 17.0. The van der Waals surface area contributed by atoms with Crippen molar-refractivity contribution in [2.75, 3.05) is 37.0 Å². The lowest BCUT2D eigenvalue weighted by Crippen LogP contribution is -2.58. The van der Waals surface area contributed by atoms with E-state index in [-0.39, 0.29) is 58.2 Å². The van der Waals surface area contributed by atoms with Gasteiger partial charge in [0.25, 0.3) is 5.91 Å². The fourth-order valence-corrected chi connectivity index (χ4v) is 9.27. The minimum Gasteiger partial charge on any atom is -0.504 e. The number of anilines is 2. The lowest BCUT2D eigenvalue weighted by Gasteiger charge is -2.44. The molecule has 3 heterocycles. The number of aromatic hydroxyl groups is 1.